The maximum absolute atomic E-state index is 13.4. The molecule has 0 spiro atoms. The summed E-state index contributed by atoms with van der Waals surface area (Å²) in [4.78, 5) is 11.8. The molecule has 0 bridgehead atoms. The van der Waals surface area contributed by atoms with Crippen LogP contribution >= 0.6 is 0 Å². The minimum atomic E-state index is -0.490. The first-order valence-electron chi connectivity index (χ1n) is 6.25. The maximum Gasteiger partial charge on any atom is 0.254 e. The molecular formula is C16H16FNO. The van der Waals surface area contributed by atoms with Crippen LogP contribution in [0.2, 0.25) is 0 Å². The van der Waals surface area contributed by atoms with Gasteiger partial charge in [-0.2, -0.15) is 0 Å². The maximum atomic E-state index is 13.4. The number of amides is 1. The molecule has 0 atom stereocenters. The van der Waals surface area contributed by atoms with Gasteiger partial charge in [-0.25, -0.2) is 4.39 Å². The van der Waals surface area contributed by atoms with E-state index in [1.807, 2.05) is 25.1 Å². The van der Waals surface area contributed by atoms with Crippen LogP contribution in [0, 0.1) is 12.7 Å². The fourth-order valence-corrected chi connectivity index (χ4v) is 1.93. The van der Waals surface area contributed by atoms with Gasteiger partial charge in [0.25, 0.3) is 5.91 Å². The van der Waals surface area contributed by atoms with E-state index in [4.69, 9.17) is 0 Å². The first-order chi connectivity index (χ1) is 9.16. The van der Waals surface area contributed by atoms with Crippen molar-refractivity contribution >= 4 is 5.91 Å². The molecule has 1 N–H and O–H groups in total. The molecule has 2 rings (SSSR count). The smallest absolute Gasteiger partial charge is 0.254 e. The lowest BCUT2D eigenvalue weighted by Gasteiger charge is -2.06. The third kappa shape index (κ3) is 3.65. The predicted molar refractivity (Wildman–Crippen MR) is 73.6 cm³/mol. The number of hydrogen-bond acceptors (Lipinski definition) is 1. The molecule has 0 radical (unpaired) electrons. The van der Waals surface area contributed by atoms with E-state index in [2.05, 4.69) is 11.4 Å². The SMILES string of the molecule is Cc1cccc(CCNC(=O)c2ccccc2F)c1. The number of carbonyl (C=O) groups is 1. The largest absolute Gasteiger partial charge is 0.352 e. The molecule has 19 heavy (non-hydrogen) atoms. The highest BCUT2D eigenvalue weighted by Crippen LogP contribution is 2.07. The molecule has 0 saturated heterocycles. The lowest BCUT2D eigenvalue weighted by atomic mass is 10.1. The highest BCUT2D eigenvalue weighted by atomic mass is 19.1. The standard InChI is InChI=1S/C16H16FNO/c1-12-5-4-6-13(11-12)9-10-18-16(19)14-7-2-3-8-15(14)17/h2-8,11H,9-10H2,1H3,(H,18,19). The van der Waals surface area contributed by atoms with E-state index < -0.39 is 5.82 Å². The van der Waals surface area contributed by atoms with E-state index in [0.29, 0.717) is 6.54 Å². The number of halogens is 1. The summed E-state index contributed by atoms with van der Waals surface area (Å²) in [6, 6.07) is 14.1. The number of benzene rings is 2. The Morgan fingerprint density at radius 1 is 1.16 bits per heavy atom. The van der Waals surface area contributed by atoms with Crippen LogP contribution in [0.5, 0.6) is 0 Å². The van der Waals surface area contributed by atoms with Crippen LogP contribution in [-0.2, 0) is 6.42 Å². The average Bonchev–Trinajstić information content (AvgIpc) is 2.39. The van der Waals surface area contributed by atoms with E-state index in [9.17, 15) is 9.18 Å². The van der Waals surface area contributed by atoms with Gasteiger partial charge in [0.15, 0.2) is 0 Å². The summed E-state index contributed by atoms with van der Waals surface area (Å²) in [6.07, 6.45) is 0.738. The van der Waals surface area contributed by atoms with E-state index in [1.54, 1.807) is 12.1 Å². The van der Waals surface area contributed by atoms with E-state index in [0.717, 1.165) is 12.0 Å². The molecular weight excluding hydrogens is 241 g/mol. The van der Waals surface area contributed by atoms with E-state index in [1.165, 1.54) is 17.7 Å². The molecule has 98 valence electrons. The Morgan fingerprint density at radius 3 is 2.68 bits per heavy atom. The summed E-state index contributed by atoms with van der Waals surface area (Å²) in [5.41, 5.74) is 2.44. The summed E-state index contributed by atoms with van der Waals surface area (Å²) in [6.45, 7) is 2.53. The quantitative estimate of drug-likeness (QED) is 0.896. The fourth-order valence-electron chi connectivity index (χ4n) is 1.93. The minimum absolute atomic E-state index is 0.0896. The Bertz CT molecular complexity index is 580. The molecule has 0 heterocycles. The molecule has 3 heteroatoms. The normalized spacial score (nSPS) is 10.2. The number of carbonyl (C=O) groups excluding carboxylic acids is 1. The monoisotopic (exact) mass is 257 g/mol. The van der Waals surface area contributed by atoms with Gasteiger partial charge in [0.1, 0.15) is 5.82 Å². The topological polar surface area (TPSA) is 29.1 Å². The molecule has 0 aliphatic carbocycles. The van der Waals surface area contributed by atoms with Gasteiger partial charge in [-0.3, -0.25) is 4.79 Å². The van der Waals surface area contributed by atoms with E-state index in [-0.39, 0.29) is 11.5 Å². The van der Waals surface area contributed by atoms with Crippen molar-refractivity contribution in [2.24, 2.45) is 0 Å². The van der Waals surface area contributed by atoms with Crippen LogP contribution in [0.4, 0.5) is 4.39 Å². The van der Waals surface area contributed by atoms with Gasteiger partial charge in [-0.05, 0) is 31.0 Å². The first kappa shape index (κ1) is 13.3. The highest BCUT2D eigenvalue weighted by molar-refractivity contribution is 5.94. The molecule has 0 unspecified atom stereocenters. The molecule has 2 nitrogen and oxygen atoms in total. The Balaban J connectivity index is 1.90. The number of nitrogens with one attached hydrogen (secondary N) is 1. The van der Waals surface area contributed by atoms with Gasteiger partial charge >= 0.3 is 0 Å². The van der Waals surface area contributed by atoms with E-state index >= 15 is 0 Å². The highest BCUT2D eigenvalue weighted by Gasteiger charge is 2.09. The van der Waals surface area contributed by atoms with Crippen molar-refractivity contribution in [2.75, 3.05) is 6.54 Å². The number of aryl methyl sites for hydroxylation is 1. The molecule has 0 fully saturated rings. The summed E-state index contributed by atoms with van der Waals surface area (Å²) in [5.74, 6) is -0.860. The van der Waals surface area contributed by atoms with Gasteiger partial charge in [-0.1, -0.05) is 42.0 Å². The first-order valence-corrected chi connectivity index (χ1v) is 6.25. The Labute approximate surface area is 112 Å². The molecule has 0 aliphatic rings. The predicted octanol–water partition coefficient (Wildman–Crippen LogP) is 3.11. The van der Waals surface area contributed by atoms with Gasteiger partial charge < -0.3 is 5.32 Å². The molecule has 1 amide bonds. The van der Waals surface area contributed by atoms with Crippen molar-refractivity contribution < 1.29 is 9.18 Å². The summed E-state index contributed by atoms with van der Waals surface area (Å²) >= 11 is 0. The Morgan fingerprint density at radius 2 is 1.95 bits per heavy atom. The third-order valence-corrected chi connectivity index (χ3v) is 2.90. The van der Waals surface area contributed by atoms with Gasteiger partial charge in [0.2, 0.25) is 0 Å². The van der Waals surface area contributed by atoms with Crippen LogP contribution < -0.4 is 5.32 Å². The van der Waals surface area contributed by atoms with Crippen molar-refractivity contribution in [1.82, 2.24) is 5.32 Å². The lowest BCUT2D eigenvalue weighted by molar-refractivity contribution is 0.0950. The van der Waals surface area contributed by atoms with Crippen molar-refractivity contribution in [1.29, 1.82) is 0 Å². The number of rotatable bonds is 4. The third-order valence-electron chi connectivity index (χ3n) is 2.90. The lowest BCUT2D eigenvalue weighted by Crippen LogP contribution is -2.26. The van der Waals surface area contributed by atoms with Crippen molar-refractivity contribution in [3.8, 4) is 0 Å². The molecule has 0 aromatic heterocycles. The molecule has 2 aromatic rings. The van der Waals surface area contributed by atoms with Crippen molar-refractivity contribution in [3.05, 3.63) is 71.0 Å². The zero-order chi connectivity index (χ0) is 13.7. The molecule has 2 aromatic carbocycles. The second kappa shape index (κ2) is 6.14. The summed E-state index contributed by atoms with van der Waals surface area (Å²) in [7, 11) is 0. The Kier molecular flexibility index (Phi) is 4.29. The zero-order valence-corrected chi connectivity index (χ0v) is 10.8. The minimum Gasteiger partial charge on any atom is -0.352 e. The van der Waals surface area contributed by atoms with Crippen LogP contribution in [0.25, 0.3) is 0 Å². The number of hydrogen-bond donors (Lipinski definition) is 1. The summed E-state index contributed by atoms with van der Waals surface area (Å²) in [5, 5.41) is 2.73. The van der Waals surface area contributed by atoms with Crippen LogP contribution in [0.1, 0.15) is 21.5 Å². The fraction of sp³-hybridized carbons (Fsp3) is 0.188. The van der Waals surface area contributed by atoms with Gasteiger partial charge in [0.05, 0.1) is 5.56 Å². The second-order valence-corrected chi connectivity index (χ2v) is 4.47. The molecule has 0 aliphatic heterocycles. The van der Waals surface area contributed by atoms with Crippen LogP contribution in [0.3, 0.4) is 0 Å². The van der Waals surface area contributed by atoms with Crippen molar-refractivity contribution in [2.45, 2.75) is 13.3 Å². The van der Waals surface area contributed by atoms with Gasteiger partial charge in [0, 0.05) is 6.54 Å². The molecule has 0 saturated carbocycles. The second-order valence-electron chi connectivity index (χ2n) is 4.47. The average molecular weight is 257 g/mol. The van der Waals surface area contributed by atoms with Crippen LogP contribution in [0.15, 0.2) is 48.5 Å². The van der Waals surface area contributed by atoms with Crippen LogP contribution in [-0.4, -0.2) is 12.5 Å². The summed E-state index contributed by atoms with van der Waals surface area (Å²) < 4.78 is 13.4. The zero-order valence-electron chi connectivity index (χ0n) is 10.8. The Hall–Kier alpha value is -2.16. The van der Waals surface area contributed by atoms with Gasteiger partial charge in [-0.15, -0.1) is 0 Å². The van der Waals surface area contributed by atoms with Crippen molar-refractivity contribution in [3.63, 3.8) is 0 Å².